The molecule has 0 aromatic rings. The van der Waals surface area contributed by atoms with Crippen LogP contribution >= 0.6 is 0 Å². The first-order chi connectivity index (χ1) is 8.69. The van der Waals surface area contributed by atoms with E-state index < -0.39 is 0 Å². The van der Waals surface area contributed by atoms with E-state index in [0.717, 1.165) is 37.5 Å². The van der Waals surface area contributed by atoms with E-state index >= 15 is 0 Å². The number of hydrogen-bond acceptors (Lipinski definition) is 3. The van der Waals surface area contributed by atoms with Gasteiger partial charge in [-0.3, -0.25) is 10.1 Å². The molecular weight excluding hydrogens is 230 g/mol. The van der Waals surface area contributed by atoms with Crippen molar-refractivity contribution in [2.24, 2.45) is 11.8 Å². The zero-order valence-electron chi connectivity index (χ0n) is 11.3. The third kappa shape index (κ3) is 3.67. The zero-order chi connectivity index (χ0) is 13.0. The minimum atomic E-state index is -0.259. The standard InChI is InChI=1S/C14H25NO3/c1-18-14-8-4-12(5-9-14)10-11-2-6-13(7-3-11)15(16)17/h11-14H,2-10H2,1H3. The largest absolute Gasteiger partial charge is 0.381 e. The normalized spacial score (nSPS) is 37.4. The van der Waals surface area contributed by atoms with E-state index in [1.807, 2.05) is 7.11 Å². The van der Waals surface area contributed by atoms with Gasteiger partial charge in [0.25, 0.3) is 0 Å². The molecule has 2 saturated carbocycles. The number of ether oxygens (including phenoxy) is 1. The Balaban J connectivity index is 1.67. The van der Waals surface area contributed by atoms with Crippen molar-refractivity contribution >= 4 is 0 Å². The van der Waals surface area contributed by atoms with Crippen LogP contribution in [0.5, 0.6) is 0 Å². The van der Waals surface area contributed by atoms with E-state index in [2.05, 4.69) is 0 Å². The van der Waals surface area contributed by atoms with Gasteiger partial charge in [0.05, 0.1) is 6.10 Å². The molecule has 0 aromatic heterocycles. The Labute approximate surface area is 109 Å². The van der Waals surface area contributed by atoms with Crippen molar-refractivity contribution in [3.63, 3.8) is 0 Å². The molecule has 0 heterocycles. The maximum Gasteiger partial charge on any atom is 0.213 e. The summed E-state index contributed by atoms with van der Waals surface area (Å²) in [6.45, 7) is 0. The van der Waals surface area contributed by atoms with E-state index in [0.29, 0.717) is 6.10 Å². The second-order valence-corrected chi connectivity index (χ2v) is 6.07. The predicted octanol–water partition coefficient (Wildman–Crippen LogP) is 3.42. The SMILES string of the molecule is COC1CCC(CC2CCC([N+](=O)[O-])CC2)CC1. The lowest BCUT2D eigenvalue weighted by atomic mass is 9.76. The van der Waals surface area contributed by atoms with E-state index in [9.17, 15) is 10.1 Å². The second kappa shape index (κ2) is 6.50. The second-order valence-electron chi connectivity index (χ2n) is 6.07. The van der Waals surface area contributed by atoms with Crippen LogP contribution in [0.2, 0.25) is 0 Å². The number of rotatable bonds is 4. The first kappa shape index (κ1) is 13.8. The predicted molar refractivity (Wildman–Crippen MR) is 70.1 cm³/mol. The van der Waals surface area contributed by atoms with Crippen molar-refractivity contribution in [2.45, 2.75) is 69.9 Å². The molecule has 0 amide bonds. The summed E-state index contributed by atoms with van der Waals surface area (Å²) < 4.78 is 5.39. The van der Waals surface area contributed by atoms with Crippen LogP contribution in [0.15, 0.2) is 0 Å². The molecule has 0 radical (unpaired) electrons. The van der Waals surface area contributed by atoms with E-state index in [-0.39, 0.29) is 11.0 Å². The van der Waals surface area contributed by atoms with Crippen LogP contribution in [0, 0.1) is 22.0 Å². The number of methoxy groups -OCH3 is 1. The molecule has 0 unspecified atom stereocenters. The smallest absolute Gasteiger partial charge is 0.213 e. The minimum absolute atomic E-state index is 0.0833. The van der Waals surface area contributed by atoms with Crippen LogP contribution < -0.4 is 0 Å². The Kier molecular flexibility index (Phi) is 4.98. The molecule has 0 saturated heterocycles. The van der Waals surface area contributed by atoms with E-state index in [1.165, 1.54) is 32.1 Å². The molecule has 4 heteroatoms. The van der Waals surface area contributed by atoms with E-state index in [4.69, 9.17) is 4.74 Å². The molecule has 0 N–H and O–H groups in total. The summed E-state index contributed by atoms with van der Waals surface area (Å²) in [5.41, 5.74) is 0. The summed E-state index contributed by atoms with van der Waals surface area (Å²) in [6, 6.07) is -0.259. The summed E-state index contributed by atoms with van der Waals surface area (Å²) in [6.07, 6.45) is 10.5. The fraction of sp³-hybridized carbons (Fsp3) is 1.00. The Morgan fingerprint density at radius 2 is 1.50 bits per heavy atom. The van der Waals surface area contributed by atoms with Gasteiger partial charge in [0.15, 0.2) is 0 Å². The molecule has 2 aliphatic carbocycles. The zero-order valence-corrected chi connectivity index (χ0v) is 11.3. The first-order valence-corrected chi connectivity index (χ1v) is 7.35. The third-order valence-corrected chi connectivity index (χ3v) is 4.91. The summed E-state index contributed by atoms with van der Waals surface area (Å²) in [5.74, 6) is 1.58. The van der Waals surface area contributed by atoms with Crippen LogP contribution in [-0.4, -0.2) is 24.2 Å². The number of hydrogen-bond donors (Lipinski definition) is 0. The topological polar surface area (TPSA) is 52.4 Å². The highest BCUT2D eigenvalue weighted by Gasteiger charge is 2.30. The molecule has 0 aliphatic heterocycles. The van der Waals surface area contributed by atoms with Gasteiger partial charge in [0, 0.05) is 24.9 Å². The third-order valence-electron chi connectivity index (χ3n) is 4.91. The molecule has 2 aliphatic rings. The van der Waals surface area contributed by atoms with Crippen molar-refractivity contribution in [1.29, 1.82) is 0 Å². The summed E-state index contributed by atoms with van der Waals surface area (Å²) in [5, 5.41) is 10.7. The van der Waals surface area contributed by atoms with Crippen molar-refractivity contribution in [1.82, 2.24) is 0 Å². The molecule has 2 rings (SSSR count). The van der Waals surface area contributed by atoms with Gasteiger partial charge in [-0.25, -0.2) is 0 Å². The van der Waals surface area contributed by atoms with Gasteiger partial charge in [0.2, 0.25) is 6.04 Å². The van der Waals surface area contributed by atoms with Crippen LogP contribution in [0.3, 0.4) is 0 Å². The summed E-state index contributed by atoms with van der Waals surface area (Å²) in [7, 11) is 1.81. The Hall–Kier alpha value is -0.640. The summed E-state index contributed by atoms with van der Waals surface area (Å²) in [4.78, 5) is 10.6. The molecule has 0 bridgehead atoms. The molecular formula is C14H25NO3. The van der Waals surface area contributed by atoms with Gasteiger partial charge in [-0.15, -0.1) is 0 Å². The number of nitrogens with zero attached hydrogens (tertiary/aromatic N) is 1. The van der Waals surface area contributed by atoms with Gasteiger partial charge in [0.1, 0.15) is 0 Å². The maximum absolute atomic E-state index is 10.7. The van der Waals surface area contributed by atoms with Crippen LogP contribution in [0.25, 0.3) is 0 Å². The Morgan fingerprint density at radius 3 is 1.94 bits per heavy atom. The monoisotopic (exact) mass is 255 g/mol. The average Bonchev–Trinajstić information content (AvgIpc) is 2.40. The maximum atomic E-state index is 10.7. The lowest BCUT2D eigenvalue weighted by Gasteiger charge is -2.32. The van der Waals surface area contributed by atoms with Crippen LogP contribution in [-0.2, 0) is 4.74 Å². The lowest BCUT2D eigenvalue weighted by Crippen LogP contribution is -2.28. The van der Waals surface area contributed by atoms with Crippen LogP contribution in [0.1, 0.15) is 57.8 Å². The Bertz CT molecular complexity index is 266. The molecule has 2 fully saturated rings. The van der Waals surface area contributed by atoms with Crippen molar-refractivity contribution in [3.05, 3.63) is 10.1 Å². The van der Waals surface area contributed by atoms with Crippen molar-refractivity contribution in [2.75, 3.05) is 7.11 Å². The molecule has 4 nitrogen and oxygen atoms in total. The molecule has 104 valence electrons. The molecule has 0 atom stereocenters. The minimum Gasteiger partial charge on any atom is -0.381 e. The lowest BCUT2D eigenvalue weighted by molar-refractivity contribution is -0.527. The Morgan fingerprint density at radius 1 is 1.00 bits per heavy atom. The highest BCUT2D eigenvalue weighted by molar-refractivity contribution is 4.78. The van der Waals surface area contributed by atoms with Gasteiger partial charge < -0.3 is 4.74 Å². The fourth-order valence-electron chi connectivity index (χ4n) is 3.67. The van der Waals surface area contributed by atoms with Gasteiger partial charge in [-0.05, 0) is 56.8 Å². The molecule has 0 aromatic carbocycles. The number of nitro groups is 1. The molecule has 0 spiro atoms. The highest BCUT2D eigenvalue weighted by Crippen LogP contribution is 2.36. The highest BCUT2D eigenvalue weighted by atomic mass is 16.6. The first-order valence-electron chi connectivity index (χ1n) is 7.35. The van der Waals surface area contributed by atoms with Crippen molar-refractivity contribution in [3.8, 4) is 0 Å². The fourth-order valence-corrected chi connectivity index (χ4v) is 3.67. The van der Waals surface area contributed by atoms with E-state index in [1.54, 1.807) is 0 Å². The van der Waals surface area contributed by atoms with Gasteiger partial charge in [-0.2, -0.15) is 0 Å². The van der Waals surface area contributed by atoms with Gasteiger partial charge in [-0.1, -0.05) is 0 Å². The molecule has 18 heavy (non-hydrogen) atoms. The summed E-state index contributed by atoms with van der Waals surface area (Å²) >= 11 is 0. The van der Waals surface area contributed by atoms with Gasteiger partial charge >= 0.3 is 0 Å². The van der Waals surface area contributed by atoms with Crippen LogP contribution in [0.4, 0.5) is 0 Å². The quantitative estimate of drug-likeness (QED) is 0.571. The van der Waals surface area contributed by atoms with Crippen molar-refractivity contribution < 1.29 is 9.66 Å². The average molecular weight is 255 g/mol.